The molecule has 0 aliphatic rings. The smallest absolute Gasteiger partial charge is 0.338 e. The van der Waals surface area contributed by atoms with Crippen LogP contribution in [0.2, 0.25) is 5.02 Å². The number of anilines is 1. The summed E-state index contributed by atoms with van der Waals surface area (Å²) in [4.78, 5) is 34.0. The Morgan fingerprint density at radius 3 is 2.44 bits per heavy atom. The Kier molecular flexibility index (Phi) is 6.56. The van der Waals surface area contributed by atoms with Gasteiger partial charge in [0.05, 0.1) is 24.7 Å². The first-order valence-electron chi connectivity index (χ1n) is 7.48. The fraction of sp³-hybridized carbons (Fsp3) is 0.176. The lowest BCUT2D eigenvalue weighted by Crippen LogP contribution is -2.21. The quantitative estimate of drug-likeness (QED) is 0.435. The van der Waals surface area contributed by atoms with Crippen molar-refractivity contribution >= 4 is 34.9 Å². The summed E-state index contributed by atoms with van der Waals surface area (Å²) in [7, 11) is 2.94. The lowest BCUT2D eigenvalue weighted by Gasteiger charge is -2.11. The molecule has 0 bridgehead atoms. The van der Waals surface area contributed by atoms with Crippen LogP contribution in [0.25, 0.3) is 0 Å². The minimum atomic E-state index is -0.891. The van der Waals surface area contributed by atoms with E-state index >= 15 is 0 Å². The molecule has 9 nitrogen and oxygen atoms in total. The van der Waals surface area contributed by atoms with Gasteiger partial charge in [0.15, 0.2) is 18.1 Å². The molecule has 2 aromatic carbocycles. The number of hydrogen-bond donors (Lipinski definition) is 1. The molecule has 0 atom stereocenters. The van der Waals surface area contributed by atoms with Crippen LogP contribution in [0.15, 0.2) is 36.4 Å². The third kappa shape index (κ3) is 5.08. The van der Waals surface area contributed by atoms with Crippen LogP contribution in [0, 0.1) is 10.1 Å². The average molecular weight is 395 g/mol. The Bertz CT molecular complexity index is 886. The molecule has 1 N–H and O–H groups in total. The van der Waals surface area contributed by atoms with E-state index in [1.807, 2.05) is 0 Å². The number of hydrogen-bond acceptors (Lipinski definition) is 7. The molecule has 2 aromatic rings. The van der Waals surface area contributed by atoms with Gasteiger partial charge in [-0.2, -0.15) is 0 Å². The Hall–Kier alpha value is -3.33. The summed E-state index contributed by atoms with van der Waals surface area (Å²) >= 11 is 5.68. The second kappa shape index (κ2) is 8.86. The minimum Gasteiger partial charge on any atom is -0.493 e. The predicted octanol–water partition coefficient (Wildman–Crippen LogP) is 3.06. The van der Waals surface area contributed by atoms with Crippen molar-refractivity contribution in [2.75, 3.05) is 26.1 Å². The van der Waals surface area contributed by atoms with E-state index in [4.69, 9.17) is 25.8 Å². The van der Waals surface area contributed by atoms with Gasteiger partial charge in [-0.1, -0.05) is 11.6 Å². The number of nitrogens with zero attached hydrogens (tertiary/aromatic N) is 1. The highest BCUT2D eigenvalue weighted by atomic mass is 35.5. The highest BCUT2D eigenvalue weighted by Crippen LogP contribution is 2.29. The molecule has 2 rings (SSSR count). The standard InChI is InChI=1S/C17H15ClN2O7/c1-25-14-6-4-11(8-15(14)26-2)19-16(21)9-27-17(22)10-3-5-12(18)13(7-10)20(23)24/h3-8H,9H2,1-2H3,(H,19,21). The van der Waals surface area contributed by atoms with Crippen LogP contribution >= 0.6 is 11.6 Å². The number of nitro benzene ring substituents is 1. The highest BCUT2D eigenvalue weighted by Gasteiger charge is 2.18. The molecular weight excluding hydrogens is 380 g/mol. The number of nitrogens with one attached hydrogen (secondary N) is 1. The number of amides is 1. The number of benzene rings is 2. The number of esters is 1. The molecule has 0 saturated heterocycles. The zero-order chi connectivity index (χ0) is 20.0. The van der Waals surface area contributed by atoms with E-state index in [0.29, 0.717) is 17.2 Å². The molecular formula is C17H15ClN2O7. The van der Waals surface area contributed by atoms with E-state index in [1.165, 1.54) is 26.4 Å². The maximum Gasteiger partial charge on any atom is 0.338 e. The highest BCUT2D eigenvalue weighted by molar-refractivity contribution is 6.32. The maximum absolute atomic E-state index is 12.0. The largest absolute Gasteiger partial charge is 0.493 e. The number of halogens is 1. The molecule has 0 fully saturated rings. The Morgan fingerprint density at radius 1 is 1.11 bits per heavy atom. The van der Waals surface area contributed by atoms with Gasteiger partial charge in [-0.3, -0.25) is 14.9 Å². The van der Waals surface area contributed by atoms with Gasteiger partial charge in [-0.05, 0) is 24.3 Å². The molecule has 0 aliphatic carbocycles. The molecule has 27 heavy (non-hydrogen) atoms. The summed E-state index contributed by atoms with van der Waals surface area (Å²) in [6, 6.07) is 8.19. The molecule has 0 aromatic heterocycles. The van der Waals surface area contributed by atoms with Crippen LogP contribution in [-0.2, 0) is 9.53 Å². The van der Waals surface area contributed by atoms with Crippen LogP contribution in [0.5, 0.6) is 11.5 Å². The van der Waals surface area contributed by atoms with Crippen molar-refractivity contribution in [3.63, 3.8) is 0 Å². The molecule has 0 aliphatic heterocycles. The SMILES string of the molecule is COc1ccc(NC(=O)COC(=O)c2ccc(Cl)c([N+](=O)[O-])c2)cc1OC. The molecule has 0 saturated carbocycles. The zero-order valence-corrected chi connectivity index (χ0v) is 15.1. The van der Waals surface area contributed by atoms with Crippen LogP contribution in [0.4, 0.5) is 11.4 Å². The monoisotopic (exact) mass is 394 g/mol. The third-order valence-electron chi connectivity index (χ3n) is 3.38. The lowest BCUT2D eigenvalue weighted by atomic mass is 10.2. The van der Waals surface area contributed by atoms with Crippen molar-refractivity contribution in [2.24, 2.45) is 0 Å². The molecule has 0 radical (unpaired) electrons. The summed E-state index contributed by atoms with van der Waals surface area (Å²) in [5, 5.41) is 13.3. The first-order chi connectivity index (χ1) is 12.8. The van der Waals surface area contributed by atoms with Crippen molar-refractivity contribution in [1.82, 2.24) is 0 Å². The first kappa shape index (κ1) is 20.0. The third-order valence-corrected chi connectivity index (χ3v) is 3.70. The van der Waals surface area contributed by atoms with Gasteiger partial charge in [0.1, 0.15) is 5.02 Å². The topological polar surface area (TPSA) is 117 Å². The second-order valence-corrected chi connectivity index (χ2v) is 5.52. The van der Waals surface area contributed by atoms with Gasteiger partial charge in [-0.15, -0.1) is 0 Å². The number of methoxy groups -OCH3 is 2. The summed E-state index contributed by atoms with van der Waals surface area (Å²) in [5.74, 6) is -0.580. The van der Waals surface area contributed by atoms with Crippen LogP contribution < -0.4 is 14.8 Å². The summed E-state index contributed by atoms with van der Waals surface area (Å²) in [5.41, 5.74) is -0.109. The predicted molar refractivity (Wildman–Crippen MR) is 96.6 cm³/mol. The van der Waals surface area contributed by atoms with E-state index in [1.54, 1.807) is 18.2 Å². The van der Waals surface area contributed by atoms with E-state index in [2.05, 4.69) is 5.32 Å². The first-order valence-corrected chi connectivity index (χ1v) is 7.86. The molecule has 0 spiro atoms. The van der Waals surface area contributed by atoms with Crippen LogP contribution in [0.3, 0.4) is 0 Å². The molecule has 1 amide bonds. The maximum atomic E-state index is 12.0. The summed E-state index contributed by atoms with van der Waals surface area (Å²) in [6.45, 7) is -0.580. The van der Waals surface area contributed by atoms with Crippen molar-refractivity contribution in [2.45, 2.75) is 0 Å². The van der Waals surface area contributed by atoms with Gasteiger partial charge in [0, 0.05) is 17.8 Å². The summed E-state index contributed by atoms with van der Waals surface area (Å²) in [6.07, 6.45) is 0. The average Bonchev–Trinajstić information content (AvgIpc) is 2.66. The second-order valence-electron chi connectivity index (χ2n) is 5.12. The number of ether oxygens (including phenoxy) is 3. The normalized spacial score (nSPS) is 10.0. The van der Waals surface area contributed by atoms with E-state index < -0.39 is 29.1 Å². The Balaban J connectivity index is 1.98. The molecule has 10 heteroatoms. The van der Waals surface area contributed by atoms with Gasteiger partial charge in [0.25, 0.3) is 11.6 Å². The number of carbonyl (C=O) groups is 2. The lowest BCUT2D eigenvalue weighted by molar-refractivity contribution is -0.384. The Labute approximate surface area is 158 Å². The fourth-order valence-corrected chi connectivity index (χ4v) is 2.29. The van der Waals surface area contributed by atoms with Crippen molar-refractivity contribution in [3.05, 3.63) is 57.1 Å². The van der Waals surface area contributed by atoms with E-state index in [0.717, 1.165) is 6.07 Å². The van der Waals surface area contributed by atoms with Crippen molar-refractivity contribution in [3.8, 4) is 11.5 Å². The van der Waals surface area contributed by atoms with E-state index in [9.17, 15) is 19.7 Å². The van der Waals surface area contributed by atoms with E-state index in [-0.39, 0.29) is 10.6 Å². The number of nitro groups is 1. The van der Waals surface area contributed by atoms with Crippen LogP contribution in [0.1, 0.15) is 10.4 Å². The van der Waals surface area contributed by atoms with Gasteiger partial charge in [0.2, 0.25) is 0 Å². The molecule has 0 unspecified atom stereocenters. The van der Waals surface area contributed by atoms with Crippen LogP contribution in [-0.4, -0.2) is 37.6 Å². The fourth-order valence-electron chi connectivity index (χ4n) is 2.11. The van der Waals surface area contributed by atoms with Gasteiger partial charge in [-0.25, -0.2) is 4.79 Å². The zero-order valence-electron chi connectivity index (χ0n) is 14.4. The van der Waals surface area contributed by atoms with Crippen molar-refractivity contribution < 1.29 is 28.7 Å². The van der Waals surface area contributed by atoms with Gasteiger partial charge >= 0.3 is 5.97 Å². The molecule has 142 valence electrons. The summed E-state index contributed by atoms with van der Waals surface area (Å²) < 4.78 is 15.1. The number of carbonyl (C=O) groups excluding carboxylic acids is 2. The Morgan fingerprint density at radius 2 is 1.81 bits per heavy atom. The van der Waals surface area contributed by atoms with Crippen molar-refractivity contribution in [1.29, 1.82) is 0 Å². The molecule has 0 heterocycles. The minimum absolute atomic E-state index is 0.0926. The number of rotatable bonds is 7. The van der Waals surface area contributed by atoms with Gasteiger partial charge < -0.3 is 19.5 Å².